The number of hydrogen-bond donors (Lipinski definition) is 3. The zero-order valence-electron chi connectivity index (χ0n) is 6.43. The summed E-state index contributed by atoms with van der Waals surface area (Å²) in [6, 6.07) is -0.958. The number of methoxy groups -OCH3 is 1. The van der Waals surface area contributed by atoms with E-state index < -0.39 is 24.5 Å². The smallest absolute Gasteiger partial charge is 0.174 e. The van der Waals surface area contributed by atoms with Gasteiger partial charge in [-0.2, -0.15) is 0 Å². The summed E-state index contributed by atoms with van der Waals surface area (Å²) in [4.78, 5) is 0. The molecule has 0 saturated carbocycles. The first-order valence-corrected chi connectivity index (χ1v) is 3.50. The molecule has 66 valence electrons. The van der Waals surface area contributed by atoms with Crippen LogP contribution in [0, 0.1) is 0 Å². The van der Waals surface area contributed by atoms with E-state index in [1.807, 2.05) is 0 Å². The van der Waals surface area contributed by atoms with Gasteiger partial charge in [0, 0.05) is 7.11 Å². The molecule has 1 rings (SSSR count). The van der Waals surface area contributed by atoms with Crippen LogP contribution in [0.15, 0.2) is 0 Å². The summed E-state index contributed by atoms with van der Waals surface area (Å²) in [5.41, 5.74) is 11.0. The zero-order valence-corrected chi connectivity index (χ0v) is 6.43. The second-order valence-electron chi connectivity index (χ2n) is 2.67. The lowest BCUT2D eigenvalue weighted by Gasteiger charge is -2.35. The van der Waals surface area contributed by atoms with Gasteiger partial charge >= 0.3 is 0 Å². The SMILES string of the molecule is CO[C@@H]1OC[C@@H](N)[C@@H](O)[C@H]1N. The van der Waals surface area contributed by atoms with Gasteiger partial charge in [0.1, 0.15) is 0 Å². The standard InChI is InChI=1S/C6H14N2O3/c1-10-6-4(8)5(9)3(7)2-11-6/h3-6,9H,2,7-8H2,1H3/t3-,4-,5-,6-/m1/s1. The Hall–Kier alpha value is -0.200. The van der Waals surface area contributed by atoms with E-state index in [2.05, 4.69) is 0 Å². The third-order valence-electron chi connectivity index (χ3n) is 1.83. The second kappa shape index (κ2) is 3.46. The van der Waals surface area contributed by atoms with Crippen molar-refractivity contribution in [2.24, 2.45) is 11.5 Å². The van der Waals surface area contributed by atoms with Crippen molar-refractivity contribution < 1.29 is 14.6 Å². The van der Waals surface area contributed by atoms with Gasteiger partial charge in [0.2, 0.25) is 0 Å². The van der Waals surface area contributed by atoms with Gasteiger partial charge in [0.25, 0.3) is 0 Å². The highest BCUT2D eigenvalue weighted by atomic mass is 16.7. The molecule has 0 aliphatic carbocycles. The summed E-state index contributed by atoms with van der Waals surface area (Å²) in [6.45, 7) is 0.285. The van der Waals surface area contributed by atoms with Crippen molar-refractivity contribution in [2.75, 3.05) is 13.7 Å². The fourth-order valence-corrected chi connectivity index (χ4v) is 1.09. The quantitative estimate of drug-likeness (QED) is 0.415. The van der Waals surface area contributed by atoms with Crippen LogP contribution in [0.3, 0.4) is 0 Å². The van der Waals surface area contributed by atoms with E-state index in [0.717, 1.165) is 0 Å². The van der Waals surface area contributed by atoms with Crippen molar-refractivity contribution in [1.82, 2.24) is 0 Å². The first-order valence-electron chi connectivity index (χ1n) is 3.50. The van der Waals surface area contributed by atoms with Gasteiger partial charge in [0.15, 0.2) is 6.29 Å². The molecule has 4 atom stereocenters. The molecule has 0 amide bonds. The Kier molecular flexibility index (Phi) is 2.80. The molecule has 0 unspecified atom stereocenters. The van der Waals surface area contributed by atoms with Gasteiger partial charge in [-0.3, -0.25) is 0 Å². The Balaban J connectivity index is 2.52. The molecule has 5 nitrogen and oxygen atoms in total. The molecule has 0 radical (unpaired) electrons. The maximum Gasteiger partial charge on any atom is 0.174 e. The number of rotatable bonds is 1. The van der Waals surface area contributed by atoms with E-state index in [-0.39, 0.29) is 6.61 Å². The Morgan fingerprint density at radius 3 is 2.73 bits per heavy atom. The normalized spacial score (nSPS) is 45.8. The fraction of sp³-hybridized carbons (Fsp3) is 1.00. The molecule has 0 bridgehead atoms. The van der Waals surface area contributed by atoms with E-state index in [1.165, 1.54) is 7.11 Å². The topological polar surface area (TPSA) is 90.7 Å². The molecule has 1 fully saturated rings. The third-order valence-corrected chi connectivity index (χ3v) is 1.83. The average Bonchev–Trinajstić information content (AvgIpc) is 2.01. The number of aliphatic hydroxyl groups is 1. The predicted molar refractivity (Wildman–Crippen MR) is 38.7 cm³/mol. The summed E-state index contributed by atoms with van der Waals surface area (Å²) in [6.07, 6.45) is -1.28. The maximum absolute atomic E-state index is 9.34. The molecule has 5 heteroatoms. The first-order chi connectivity index (χ1) is 5.16. The molecule has 1 saturated heterocycles. The summed E-state index contributed by atoms with van der Waals surface area (Å²) in [7, 11) is 1.48. The van der Waals surface area contributed by atoms with E-state index in [1.54, 1.807) is 0 Å². The van der Waals surface area contributed by atoms with Crippen molar-refractivity contribution >= 4 is 0 Å². The van der Waals surface area contributed by atoms with E-state index in [0.29, 0.717) is 0 Å². The van der Waals surface area contributed by atoms with Gasteiger partial charge in [0.05, 0.1) is 24.8 Å². The van der Waals surface area contributed by atoms with Gasteiger partial charge in [-0.15, -0.1) is 0 Å². The number of nitrogens with two attached hydrogens (primary N) is 2. The fourth-order valence-electron chi connectivity index (χ4n) is 1.09. The highest BCUT2D eigenvalue weighted by Crippen LogP contribution is 2.12. The van der Waals surface area contributed by atoms with Crippen molar-refractivity contribution in [3.63, 3.8) is 0 Å². The van der Waals surface area contributed by atoms with Crippen molar-refractivity contribution in [3.05, 3.63) is 0 Å². The van der Waals surface area contributed by atoms with Gasteiger partial charge in [-0.1, -0.05) is 0 Å². The summed E-state index contributed by atoms with van der Waals surface area (Å²) >= 11 is 0. The summed E-state index contributed by atoms with van der Waals surface area (Å²) in [5.74, 6) is 0. The van der Waals surface area contributed by atoms with Crippen LogP contribution >= 0.6 is 0 Å². The number of ether oxygens (including phenoxy) is 2. The maximum atomic E-state index is 9.34. The summed E-state index contributed by atoms with van der Waals surface area (Å²) < 4.78 is 9.95. The highest BCUT2D eigenvalue weighted by Gasteiger charge is 2.35. The van der Waals surface area contributed by atoms with E-state index in [9.17, 15) is 5.11 Å². The van der Waals surface area contributed by atoms with Gasteiger partial charge in [-0.25, -0.2) is 0 Å². The van der Waals surface area contributed by atoms with E-state index in [4.69, 9.17) is 20.9 Å². The van der Waals surface area contributed by atoms with Crippen LogP contribution in [-0.4, -0.2) is 43.3 Å². The molecule has 1 aliphatic rings. The van der Waals surface area contributed by atoms with Crippen LogP contribution < -0.4 is 11.5 Å². The second-order valence-corrected chi connectivity index (χ2v) is 2.67. The van der Waals surface area contributed by atoms with Crippen LogP contribution in [0.5, 0.6) is 0 Å². The molecular formula is C6H14N2O3. The number of aliphatic hydroxyl groups excluding tert-OH is 1. The first kappa shape index (κ1) is 8.89. The molecule has 0 aromatic carbocycles. The van der Waals surface area contributed by atoms with Crippen LogP contribution in [-0.2, 0) is 9.47 Å². The van der Waals surface area contributed by atoms with E-state index >= 15 is 0 Å². The van der Waals surface area contributed by atoms with Crippen molar-refractivity contribution in [3.8, 4) is 0 Å². The molecular weight excluding hydrogens is 148 g/mol. The zero-order chi connectivity index (χ0) is 8.43. The molecule has 0 aromatic heterocycles. The average molecular weight is 162 g/mol. The minimum atomic E-state index is -0.742. The molecule has 1 aliphatic heterocycles. The largest absolute Gasteiger partial charge is 0.390 e. The molecule has 0 aromatic rings. The molecule has 0 spiro atoms. The number of hydrogen-bond acceptors (Lipinski definition) is 5. The third kappa shape index (κ3) is 1.69. The van der Waals surface area contributed by atoms with Crippen molar-refractivity contribution in [2.45, 2.75) is 24.5 Å². The minimum absolute atomic E-state index is 0.285. The molecule has 11 heavy (non-hydrogen) atoms. The van der Waals surface area contributed by atoms with Gasteiger partial charge < -0.3 is 26.0 Å². The Morgan fingerprint density at radius 2 is 2.18 bits per heavy atom. The predicted octanol–water partition coefficient (Wildman–Crippen LogP) is -2.00. The summed E-state index contributed by atoms with van der Waals surface area (Å²) in [5, 5.41) is 9.34. The Morgan fingerprint density at radius 1 is 1.55 bits per heavy atom. The Labute approximate surface area is 65.3 Å². The van der Waals surface area contributed by atoms with Crippen LogP contribution in [0.4, 0.5) is 0 Å². The lowest BCUT2D eigenvalue weighted by atomic mass is 10.0. The van der Waals surface area contributed by atoms with Crippen LogP contribution in [0.25, 0.3) is 0 Å². The Bertz CT molecular complexity index is 131. The van der Waals surface area contributed by atoms with Crippen LogP contribution in [0.1, 0.15) is 0 Å². The molecule has 5 N–H and O–H groups in total. The van der Waals surface area contributed by atoms with Crippen molar-refractivity contribution in [1.29, 1.82) is 0 Å². The monoisotopic (exact) mass is 162 g/mol. The lowest BCUT2D eigenvalue weighted by Crippen LogP contribution is -2.60. The van der Waals surface area contributed by atoms with Gasteiger partial charge in [-0.05, 0) is 0 Å². The highest BCUT2D eigenvalue weighted by molar-refractivity contribution is 4.87. The lowest BCUT2D eigenvalue weighted by molar-refractivity contribution is -0.188. The van der Waals surface area contributed by atoms with Crippen LogP contribution in [0.2, 0.25) is 0 Å². The molecule has 1 heterocycles. The minimum Gasteiger partial charge on any atom is -0.390 e.